The van der Waals surface area contributed by atoms with Crippen molar-refractivity contribution in [3.8, 4) is 5.75 Å². The molecule has 0 spiro atoms. The van der Waals surface area contributed by atoms with Crippen molar-refractivity contribution in [3.05, 3.63) is 34.4 Å². The van der Waals surface area contributed by atoms with Gasteiger partial charge in [0.2, 0.25) is 0 Å². The van der Waals surface area contributed by atoms with Crippen LogP contribution >= 0.6 is 0 Å². The van der Waals surface area contributed by atoms with Gasteiger partial charge in [0.05, 0.1) is 5.39 Å². The van der Waals surface area contributed by atoms with Crippen LogP contribution < -0.4 is 5.56 Å². The molecule has 4 nitrogen and oxygen atoms in total. The molecule has 78 valence electrons. The van der Waals surface area contributed by atoms with Gasteiger partial charge < -0.3 is 10.1 Å². The fraction of sp³-hybridized carbons (Fsp3) is 0.273. The zero-order valence-electron chi connectivity index (χ0n) is 8.61. The van der Waals surface area contributed by atoms with Crippen LogP contribution in [0.2, 0.25) is 0 Å². The molecule has 0 fully saturated rings. The Kier molecular flexibility index (Phi) is 2.19. The summed E-state index contributed by atoms with van der Waals surface area (Å²) in [6.07, 6.45) is 0. The topological polar surface area (TPSA) is 66.0 Å². The van der Waals surface area contributed by atoms with E-state index in [0.29, 0.717) is 16.7 Å². The van der Waals surface area contributed by atoms with Crippen LogP contribution in [0.4, 0.5) is 0 Å². The number of aromatic amines is 1. The number of H-pyrrole nitrogens is 1. The van der Waals surface area contributed by atoms with Crippen molar-refractivity contribution >= 4 is 10.9 Å². The Labute approximate surface area is 86.6 Å². The number of rotatable bonds is 1. The monoisotopic (exact) mass is 204 g/mol. The quantitative estimate of drug-likeness (QED) is 0.743. The van der Waals surface area contributed by atoms with Gasteiger partial charge in [0.15, 0.2) is 0 Å². The third-order valence-corrected chi connectivity index (χ3v) is 2.28. The molecule has 0 radical (unpaired) electrons. The molecule has 0 atom stereocenters. The van der Waals surface area contributed by atoms with Crippen LogP contribution in [0.3, 0.4) is 0 Å². The molecule has 15 heavy (non-hydrogen) atoms. The van der Waals surface area contributed by atoms with Gasteiger partial charge in [-0.2, -0.15) is 0 Å². The molecule has 1 aromatic carbocycles. The summed E-state index contributed by atoms with van der Waals surface area (Å²) in [6.45, 7) is 3.87. The molecule has 0 aliphatic carbocycles. The van der Waals surface area contributed by atoms with E-state index < -0.39 is 0 Å². The van der Waals surface area contributed by atoms with Crippen molar-refractivity contribution in [2.45, 2.75) is 19.8 Å². The minimum atomic E-state index is -0.209. The maximum atomic E-state index is 11.6. The number of aromatic nitrogens is 2. The number of benzene rings is 1. The van der Waals surface area contributed by atoms with Gasteiger partial charge in [-0.05, 0) is 12.1 Å². The molecule has 0 aliphatic heterocycles. The average Bonchev–Trinajstić information content (AvgIpc) is 2.19. The third-order valence-electron chi connectivity index (χ3n) is 2.28. The predicted octanol–water partition coefficient (Wildman–Crippen LogP) is 1.75. The van der Waals surface area contributed by atoms with E-state index in [-0.39, 0.29) is 17.2 Å². The Bertz CT molecular complexity index is 558. The fourth-order valence-electron chi connectivity index (χ4n) is 1.44. The van der Waals surface area contributed by atoms with Crippen molar-refractivity contribution < 1.29 is 5.11 Å². The lowest BCUT2D eigenvalue weighted by atomic mass is 10.2. The van der Waals surface area contributed by atoms with Gasteiger partial charge in [-0.3, -0.25) is 4.79 Å². The first kappa shape index (κ1) is 9.71. The van der Waals surface area contributed by atoms with E-state index >= 15 is 0 Å². The highest BCUT2D eigenvalue weighted by molar-refractivity contribution is 5.83. The zero-order valence-corrected chi connectivity index (χ0v) is 8.61. The molecule has 1 heterocycles. The Morgan fingerprint density at radius 1 is 1.40 bits per heavy atom. The molecule has 0 amide bonds. The van der Waals surface area contributed by atoms with E-state index in [1.165, 1.54) is 6.07 Å². The first-order valence-electron chi connectivity index (χ1n) is 4.81. The Balaban J connectivity index is 2.86. The maximum Gasteiger partial charge on any atom is 0.258 e. The summed E-state index contributed by atoms with van der Waals surface area (Å²) >= 11 is 0. The molecule has 4 heteroatoms. The average molecular weight is 204 g/mol. The summed E-state index contributed by atoms with van der Waals surface area (Å²) in [6, 6.07) is 4.80. The van der Waals surface area contributed by atoms with Crippen LogP contribution in [0.1, 0.15) is 25.6 Å². The van der Waals surface area contributed by atoms with Gasteiger partial charge in [-0.15, -0.1) is 0 Å². The highest BCUT2D eigenvalue weighted by Crippen LogP contribution is 2.20. The molecule has 0 unspecified atom stereocenters. The van der Waals surface area contributed by atoms with Crippen molar-refractivity contribution in [2.24, 2.45) is 0 Å². The second kappa shape index (κ2) is 3.38. The Morgan fingerprint density at radius 2 is 2.13 bits per heavy atom. The third kappa shape index (κ3) is 1.58. The van der Waals surface area contributed by atoms with Crippen molar-refractivity contribution in [1.29, 1.82) is 0 Å². The number of hydrogen-bond donors (Lipinski definition) is 2. The summed E-state index contributed by atoms with van der Waals surface area (Å²) in [4.78, 5) is 18.6. The first-order chi connectivity index (χ1) is 7.09. The van der Waals surface area contributed by atoms with E-state index in [0.717, 1.165) is 0 Å². The molecule has 2 aromatic rings. The Hall–Kier alpha value is -1.84. The second-order valence-corrected chi connectivity index (χ2v) is 3.78. The maximum absolute atomic E-state index is 11.6. The molecule has 0 bridgehead atoms. The number of hydrogen-bond acceptors (Lipinski definition) is 3. The van der Waals surface area contributed by atoms with Gasteiger partial charge in [-0.25, -0.2) is 4.98 Å². The standard InChI is InChI=1S/C11H12N2O2/c1-6(2)10-12-9-7(11(15)13-10)4-3-5-8(9)14/h3-6,14H,1-2H3,(H,12,13,15). The number of fused-ring (bicyclic) bond motifs is 1. The Morgan fingerprint density at radius 3 is 2.80 bits per heavy atom. The number of nitrogens with zero attached hydrogens (tertiary/aromatic N) is 1. The lowest BCUT2D eigenvalue weighted by Crippen LogP contribution is -2.12. The van der Waals surface area contributed by atoms with Gasteiger partial charge in [0, 0.05) is 5.92 Å². The SMILES string of the molecule is CC(C)c1nc2c(O)cccc2c(=O)[nH]1. The van der Waals surface area contributed by atoms with Gasteiger partial charge in [0.25, 0.3) is 5.56 Å². The predicted molar refractivity (Wildman–Crippen MR) is 58.1 cm³/mol. The molecule has 2 N–H and O–H groups in total. The smallest absolute Gasteiger partial charge is 0.258 e. The minimum Gasteiger partial charge on any atom is -0.506 e. The van der Waals surface area contributed by atoms with Gasteiger partial charge in [-0.1, -0.05) is 19.9 Å². The van der Waals surface area contributed by atoms with Gasteiger partial charge in [0.1, 0.15) is 17.1 Å². The zero-order chi connectivity index (χ0) is 11.0. The molecule has 2 rings (SSSR count). The van der Waals surface area contributed by atoms with Crippen LogP contribution in [0.15, 0.2) is 23.0 Å². The highest BCUT2D eigenvalue weighted by Gasteiger charge is 2.08. The van der Waals surface area contributed by atoms with E-state index in [9.17, 15) is 9.90 Å². The first-order valence-corrected chi connectivity index (χ1v) is 4.81. The number of nitrogens with one attached hydrogen (secondary N) is 1. The molecular formula is C11H12N2O2. The van der Waals surface area contributed by atoms with Crippen molar-refractivity contribution in [1.82, 2.24) is 9.97 Å². The summed E-state index contributed by atoms with van der Waals surface area (Å²) in [5, 5.41) is 10.0. The van der Waals surface area contributed by atoms with Crippen molar-refractivity contribution in [2.75, 3.05) is 0 Å². The lowest BCUT2D eigenvalue weighted by Gasteiger charge is -2.06. The minimum absolute atomic E-state index is 0.0421. The molecular weight excluding hydrogens is 192 g/mol. The molecule has 0 aliphatic rings. The van der Waals surface area contributed by atoms with Crippen LogP contribution in [0, 0.1) is 0 Å². The van der Waals surface area contributed by atoms with E-state index in [4.69, 9.17) is 0 Å². The van der Waals surface area contributed by atoms with Crippen LogP contribution in [0.5, 0.6) is 5.75 Å². The summed E-state index contributed by atoms with van der Waals surface area (Å²) in [5.74, 6) is 0.760. The number of aromatic hydroxyl groups is 1. The van der Waals surface area contributed by atoms with E-state index in [1.807, 2.05) is 13.8 Å². The van der Waals surface area contributed by atoms with Crippen LogP contribution in [-0.4, -0.2) is 15.1 Å². The second-order valence-electron chi connectivity index (χ2n) is 3.78. The van der Waals surface area contributed by atoms with Crippen LogP contribution in [0.25, 0.3) is 10.9 Å². The molecule has 1 aromatic heterocycles. The summed E-state index contributed by atoms with van der Waals surface area (Å²) < 4.78 is 0. The number of phenolic OH excluding ortho intramolecular Hbond substituents is 1. The summed E-state index contributed by atoms with van der Waals surface area (Å²) in [7, 11) is 0. The van der Waals surface area contributed by atoms with E-state index in [1.54, 1.807) is 12.1 Å². The fourth-order valence-corrected chi connectivity index (χ4v) is 1.44. The highest BCUT2D eigenvalue weighted by atomic mass is 16.3. The van der Waals surface area contributed by atoms with Gasteiger partial charge >= 0.3 is 0 Å². The normalized spacial score (nSPS) is 11.1. The van der Waals surface area contributed by atoms with Crippen molar-refractivity contribution in [3.63, 3.8) is 0 Å². The van der Waals surface area contributed by atoms with Crippen LogP contribution in [-0.2, 0) is 0 Å². The number of phenols is 1. The summed E-state index contributed by atoms with van der Waals surface area (Å²) in [5.41, 5.74) is 0.157. The van der Waals surface area contributed by atoms with E-state index in [2.05, 4.69) is 9.97 Å². The number of para-hydroxylation sites is 1. The molecule has 0 saturated heterocycles. The largest absolute Gasteiger partial charge is 0.506 e. The lowest BCUT2D eigenvalue weighted by molar-refractivity contribution is 0.480. The molecule has 0 saturated carbocycles.